The first-order valence-corrected chi connectivity index (χ1v) is 5.18. The third-order valence-electron chi connectivity index (χ3n) is 3.45. The van der Waals surface area contributed by atoms with Crippen LogP contribution in [0.4, 0.5) is 0 Å². The van der Waals surface area contributed by atoms with Crippen LogP contribution in [0.25, 0.3) is 0 Å². The molecule has 2 aliphatic rings. The lowest BCUT2D eigenvalue weighted by Gasteiger charge is -2.24. The van der Waals surface area contributed by atoms with Crippen molar-refractivity contribution in [3.05, 3.63) is 34.9 Å². The lowest BCUT2D eigenvalue weighted by Crippen LogP contribution is -2.31. The average Bonchev–Trinajstić information content (AvgIpc) is 2.47. The zero-order valence-electron chi connectivity index (χ0n) is 8.21. The zero-order chi connectivity index (χ0) is 9.71. The molecule has 1 aliphatic heterocycles. The van der Waals surface area contributed by atoms with Crippen LogP contribution < -0.4 is 5.32 Å². The summed E-state index contributed by atoms with van der Waals surface area (Å²) in [4.78, 5) is 11.9. The molecule has 0 amide bonds. The number of carbonyl (C=O) groups is 1. The summed E-state index contributed by atoms with van der Waals surface area (Å²) in [7, 11) is 0. The Morgan fingerprint density at radius 3 is 3.14 bits per heavy atom. The number of hydrogen-bond acceptors (Lipinski definition) is 2. The predicted molar refractivity (Wildman–Crippen MR) is 54.4 cm³/mol. The van der Waals surface area contributed by atoms with Gasteiger partial charge in [0.15, 0.2) is 5.78 Å². The van der Waals surface area contributed by atoms with Gasteiger partial charge in [0.1, 0.15) is 0 Å². The summed E-state index contributed by atoms with van der Waals surface area (Å²) in [5.41, 5.74) is 3.59. The van der Waals surface area contributed by atoms with E-state index in [1.165, 1.54) is 11.1 Å². The van der Waals surface area contributed by atoms with E-state index in [9.17, 15) is 4.79 Å². The molecule has 3 rings (SSSR count). The molecule has 2 nitrogen and oxygen atoms in total. The van der Waals surface area contributed by atoms with Crippen molar-refractivity contribution < 1.29 is 4.79 Å². The number of carbonyl (C=O) groups excluding carboxylic acids is 1. The van der Waals surface area contributed by atoms with Gasteiger partial charge < -0.3 is 5.32 Å². The molecule has 1 N–H and O–H groups in total. The van der Waals surface area contributed by atoms with E-state index in [1.807, 2.05) is 19.1 Å². The summed E-state index contributed by atoms with van der Waals surface area (Å²) in [6, 6.07) is 6.40. The molecule has 0 spiro atoms. The monoisotopic (exact) mass is 187 g/mol. The molecule has 0 fully saturated rings. The molecule has 14 heavy (non-hydrogen) atoms. The van der Waals surface area contributed by atoms with E-state index in [-0.39, 0.29) is 12.0 Å². The molecule has 1 aliphatic carbocycles. The first-order chi connectivity index (χ1) is 6.79. The number of benzene rings is 1. The molecular formula is C12H13NO. The summed E-state index contributed by atoms with van der Waals surface area (Å²) >= 11 is 0. The molecule has 2 unspecified atom stereocenters. The largest absolute Gasteiger partial charge is 0.309 e. The summed E-state index contributed by atoms with van der Waals surface area (Å²) < 4.78 is 0. The Labute approximate surface area is 83.3 Å². The van der Waals surface area contributed by atoms with Crippen molar-refractivity contribution in [2.75, 3.05) is 6.54 Å². The Balaban J connectivity index is 2.27. The van der Waals surface area contributed by atoms with Crippen LogP contribution in [-0.2, 0) is 6.42 Å². The molecule has 1 aromatic carbocycles. The minimum Gasteiger partial charge on any atom is -0.309 e. The van der Waals surface area contributed by atoms with E-state index >= 15 is 0 Å². The Kier molecular flexibility index (Phi) is 1.56. The van der Waals surface area contributed by atoms with Crippen LogP contribution >= 0.6 is 0 Å². The van der Waals surface area contributed by atoms with Crippen LogP contribution in [0.2, 0.25) is 0 Å². The lowest BCUT2D eigenvalue weighted by atomic mass is 9.93. The number of nitrogens with one attached hydrogen (secondary N) is 1. The molecule has 2 heteroatoms. The summed E-state index contributed by atoms with van der Waals surface area (Å²) in [6.07, 6.45) is 1.06. The van der Waals surface area contributed by atoms with Crippen LogP contribution in [-0.4, -0.2) is 12.3 Å². The SMILES string of the molecule is CC1C(=O)c2cccc3c2C1NCC3. The molecule has 0 aromatic heterocycles. The second-order valence-corrected chi connectivity index (χ2v) is 4.21. The van der Waals surface area contributed by atoms with Gasteiger partial charge >= 0.3 is 0 Å². The highest BCUT2D eigenvalue weighted by Gasteiger charge is 2.39. The van der Waals surface area contributed by atoms with Crippen LogP contribution in [0.15, 0.2) is 18.2 Å². The average molecular weight is 187 g/mol. The van der Waals surface area contributed by atoms with Crippen molar-refractivity contribution in [2.24, 2.45) is 5.92 Å². The quantitative estimate of drug-likeness (QED) is 0.670. The van der Waals surface area contributed by atoms with Crippen LogP contribution in [0.5, 0.6) is 0 Å². The van der Waals surface area contributed by atoms with Gasteiger partial charge in [-0.05, 0) is 24.1 Å². The van der Waals surface area contributed by atoms with E-state index in [0.29, 0.717) is 5.78 Å². The maximum atomic E-state index is 11.9. The van der Waals surface area contributed by atoms with E-state index in [2.05, 4.69) is 11.4 Å². The van der Waals surface area contributed by atoms with Gasteiger partial charge in [-0.1, -0.05) is 25.1 Å². The van der Waals surface area contributed by atoms with Gasteiger partial charge in [0.2, 0.25) is 0 Å². The zero-order valence-corrected chi connectivity index (χ0v) is 8.21. The van der Waals surface area contributed by atoms with Crippen molar-refractivity contribution in [1.82, 2.24) is 5.32 Å². The number of Topliss-reactive ketones (excluding diaryl/α,β-unsaturated/α-hetero) is 1. The van der Waals surface area contributed by atoms with E-state index in [1.54, 1.807) is 0 Å². The van der Waals surface area contributed by atoms with Gasteiger partial charge in [-0.3, -0.25) is 4.79 Å². The fourth-order valence-electron chi connectivity index (χ4n) is 2.70. The number of hydrogen-bond donors (Lipinski definition) is 1. The van der Waals surface area contributed by atoms with Gasteiger partial charge in [-0.25, -0.2) is 0 Å². The topological polar surface area (TPSA) is 29.1 Å². The molecule has 1 heterocycles. The highest BCUT2D eigenvalue weighted by molar-refractivity contribution is 6.03. The van der Waals surface area contributed by atoms with Gasteiger partial charge in [0, 0.05) is 17.5 Å². The summed E-state index contributed by atoms with van der Waals surface area (Å²) in [6.45, 7) is 3.02. The molecule has 0 saturated heterocycles. The molecule has 2 atom stereocenters. The van der Waals surface area contributed by atoms with E-state index in [0.717, 1.165) is 18.5 Å². The van der Waals surface area contributed by atoms with Gasteiger partial charge in [0.25, 0.3) is 0 Å². The van der Waals surface area contributed by atoms with Gasteiger partial charge in [-0.2, -0.15) is 0 Å². The van der Waals surface area contributed by atoms with Crippen molar-refractivity contribution in [3.8, 4) is 0 Å². The number of rotatable bonds is 0. The van der Waals surface area contributed by atoms with Crippen LogP contribution in [0.1, 0.15) is 34.5 Å². The Morgan fingerprint density at radius 2 is 2.29 bits per heavy atom. The highest BCUT2D eigenvalue weighted by atomic mass is 16.1. The standard InChI is InChI=1S/C12H13NO/c1-7-11-10-8(5-6-13-11)3-2-4-9(10)12(7)14/h2-4,7,11,13H,5-6H2,1H3. The highest BCUT2D eigenvalue weighted by Crippen LogP contribution is 2.39. The fourth-order valence-corrected chi connectivity index (χ4v) is 2.70. The van der Waals surface area contributed by atoms with Crippen molar-refractivity contribution in [1.29, 1.82) is 0 Å². The first kappa shape index (κ1) is 8.18. The smallest absolute Gasteiger partial charge is 0.167 e. The molecular weight excluding hydrogens is 174 g/mol. The molecule has 1 aromatic rings. The van der Waals surface area contributed by atoms with Crippen molar-refractivity contribution in [2.45, 2.75) is 19.4 Å². The van der Waals surface area contributed by atoms with Gasteiger partial charge in [-0.15, -0.1) is 0 Å². The summed E-state index contributed by atoms with van der Waals surface area (Å²) in [5.74, 6) is 0.424. The normalized spacial score (nSPS) is 29.1. The third kappa shape index (κ3) is 0.867. The third-order valence-corrected chi connectivity index (χ3v) is 3.45. The molecule has 0 radical (unpaired) electrons. The molecule has 72 valence electrons. The molecule has 0 bridgehead atoms. The minimum atomic E-state index is 0.117. The minimum absolute atomic E-state index is 0.117. The second-order valence-electron chi connectivity index (χ2n) is 4.21. The van der Waals surface area contributed by atoms with Crippen molar-refractivity contribution in [3.63, 3.8) is 0 Å². The Hall–Kier alpha value is -1.15. The maximum Gasteiger partial charge on any atom is 0.167 e. The first-order valence-electron chi connectivity index (χ1n) is 5.18. The fraction of sp³-hybridized carbons (Fsp3) is 0.417. The Morgan fingerprint density at radius 1 is 1.43 bits per heavy atom. The van der Waals surface area contributed by atoms with Gasteiger partial charge in [0.05, 0.1) is 0 Å². The maximum absolute atomic E-state index is 11.9. The van der Waals surface area contributed by atoms with Crippen molar-refractivity contribution >= 4 is 5.78 Å². The summed E-state index contributed by atoms with van der Waals surface area (Å²) in [5, 5.41) is 3.44. The predicted octanol–water partition coefficient (Wildman–Crippen LogP) is 1.71. The second kappa shape index (κ2) is 2.67. The number of ketones is 1. The van der Waals surface area contributed by atoms with Crippen LogP contribution in [0, 0.1) is 5.92 Å². The van der Waals surface area contributed by atoms with E-state index in [4.69, 9.17) is 0 Å². The Bertz CT molecular complexity index is 411. The van der Waals surface area contributed by atoms with Crippen LogP contribution in [0.3, 0.4) is 0 Å². The van der Waals surface area contributed by atoms with E-state index < -0.39 is 0 Å². The molecule has 0 saturated carbocycles. The lowest BCUT2D eigenvalue weighted by molar-refractivity contribution is 0.0927.